The number of nitro groups is 1. The predicted molar refractivity (Wildman–Crippen MR) is 212 cm³/mol. The number of nitrogens with two attached hydrogens (primary N) is 1. The lowest BCUT2D eigenvalue weighted by molar-refractivity contribution is -0.385. The van der Waals surface area contributed by atoms with Gasteiger partial charge in [0, 0.05) is 58.4 Å². The van der Waals surface area contributed by atoms with Gasteiger partial charge in [0.25, 0.3) is 5.69 Å². The fourth-order valence-corrected chi connectivity index (χ4v) is 6.24. The van der Waals surface area contributed by atoms with E-state index in [9.17, 15) is 19.7 Å². The van der Waals surface area contributed by atoms with Gasteiger partial charge in [-0.05, 0) is 52.3 Å². The molecule has 0 aliphatic carbocycles. The van der Waals surface area contributed by atoms with Crippen molar-refractivity contribution in [1.82, 2.24) is 19.8 Å². The fraction of sp³-hybridized carbons (Fsp3) is 0.415. The molecule has 2 aromatic carbocycles. The van der Waals surface area contributed by atoms with E-state index in [1.54, 1.807) is 12.3 Å². The van der Waals surface area contributed by atoms with Crippen LogP contribution < -0.4 is 15.5 Å². The largest absolute Gasteiger partial charge is 0.397 e. The summed E-state index contributed by atoms with van der Waals surface area (Å²) >= 11 is 0. The van der Waals surface area contributed by atoms with Crippen molar-refractivity contribution in [3.05, 3.63) is 118 Å². The molecule has 0 radical (unpaired) electrons. The summed E-state index contributed by atoms with van der Waals surface area (Å²) in [6.45, 7) is 14.3. The number of aromatic nitrogens is 2. The highest BCUT2D eigenvalue weighted by Gasteiger charge is 2.23. The molecule has 12 heteroatoms. The average Bonchev–Trinajstić information content (AvgIpc) is 3.16. The van der Waals surface area contributed by atoms with Gasteiger partial charge >= 0.3 is 0 Å². The van der Waals surface area contributed by atoms with Gasteiger partial charge in [0.1, 0.15) is 17.8 Å². The van der Waals surface area contributed by atoms with E-state index in [-0.39, 0.29) is 24.9 Å². The third-order valence-corrected chi connectivity index (χ3v) is 9.63. The molecule has 0 unspecified atom stereocenters. The smallest absolute Gasteiger partial charge is 0.287 e. The number of hydrogen-bond acceptors (Lipinski definition) is 9. The zero-order valence-electron chi connectivity index (χ0n) is 30.6. The Labute approximate surface area is 313 Å². The molecule has 12 nitrogen and oxygen atoms in total. The van der Waals surface area contributed by atoms with Crippen LogP contribution in [-0.4, -0.2) is 88.9 Å². The number of benzene rings is 2. The monoisotopic (exact) mass is 722 g/mol. The maximum absolute atomic E-state index is 12.6. The summed E-state index contributed by atoms with van der Waals surface area (Å²) in [6, 6.07) is 23.5. The highest BCUT2D eigenvalue weighted by Crippen LogP contribution is 2.20. The molecule has 2 aliphatic rings. The van der Waals surface area contributed by atoms with Gasteiger partial charge in [-0.1, -0.05) is 83.7 Å². The molecule has 2 fully saturated rings. The Bertz CT molecular complexity index is 1760. The van der Waals surface area contributed by atoms with Gasteiger partial charge in [0.15, 0.2) is 0 Å². The average molecular weight is 723 g/mol. The van der Waals surface area contributed by atoms with E-state index < -0.39 is 4.92 Å². The van der Waals surface area contributed by atoms with E-state index in [0.29, 0.717) is 62.4 Å². The molecule has 2 saturated heterocycles. The summed E-state index contributed by atoms with van der Waals surface area (Å²) in [5, 5.41) is 10.7. The van der Waals surface area contributed by atoms with E-state index in [1.165, 1.54) is 23.4 Å². The van der Waals surface area contributed by atoms with Crippen molar-refractivity contribution in [3.63, 3.8) is 0 Å². The predicted octanol–water partition coefficient (Wildman–Crippen LogP) is 6.32. The van der Waals surface area contributed by atoms with Crippen molar-refractivity contribution in [1.29, 1.82) is 0 Å². The van der Waals surface area contributed by atoms with E-state index in [4.69, 9.17) is 5.73 Å². The maximum atomic E-state index is 12.6. The zero-order chi connectivity index (χ0) is 37.2. The minimum absolute atomic E-state index is 0. The highest BCUT2D eigenvalue weighted by molar-refractivity contribution is 5.79. The standard InChI is InChI=1S/C20H24N4O3.C20H26N4O.CH4/c1-15(2)17-5-3-16(4-6-17)13-20(25)23-11-9-22(10-12-23)19-8-7-18(14-21-19)24(26)27;1-15(2)17-5-3-16(4-6-17)13-20(25)24-11-9-23(10-12-24)19-8-7-18(21)14-22-19;/h3-8,14-15H,9-13H2,1-2H3;3-8,14-15H,9-13,21H2,1-2H3;1H4. The zero-order valence-corrected chi connectivity index (χ0v) is 30.6. The number of nitrogen functional groups attached to an aromatic ring is 1. The van der Waals surface area contributed by atoms with Crippen molar-refractivity contribution in [2.24, 2.45) is 0 Å². The van der Waals surface area contributed by atoms with Crippen LogP contribution in [-0.2, 0) is 22.4 Å². The van der Waals surface area contributed by atoms with Crippen LogP contribution in [0, 0.1) is 10.1 Å². The first-order valence-corrected chi connectivity index (χ1v) is 18.0. The van der Waals surface area contributed by atoms with Crippen LogP contribution >= 0.6 is 0 Å². The van der Waals surface area contributed by atoms with Gasteiger partial charge in [0.05, 0.1) is 29.6 Å². The molecule has 0 atom stereocenters. The first-order chi connectivity index (χ1) is 25.0. The lowest BCUT2D eigenvalue weighted by Crippen LogP contribution is -2.49. The fourth-order valence-electron chi connectivity index (χ4n) is 6.24. The third kappa shape index (κ3) is 11.2. The van der Waals surface area contributed by atoms with Crippen LogP contribution in [0.3, 0.4) is 0 Å². The number of anilines is 3. The molecule has 0 saturated carbocycles. The van der Waals surface area contributed by atoms with Crippen LogP contribution in [0.25, 0.3) is 0 Å². The number of carbonyl (C=O) groups excluding carboxylic acids is 2. The molecule has 4 heterocycles. The number of carbonyl (C=O) groups is 2. The summed E-state index contributed by atoms with van der Waals surface area (Å²) in [5.74, 6) is 2.95. The molecular formula is C41H54N8O4. The second kappa shape index (κ2) is 18.8. The molecule has 2 amide bonds. The molecular weight excluding hydrogens is 669 g/mol. The van der Waals surface area contributed by atoms with Gasteiger partial charge < -0.3 is 25.3 Å². The Balaban J connectivity index is 0.000000233. The van der Waals surface area contributed by atoms with Crippen LogP contribution in [0.2, 0.25) is 0 Å². The maximum Gasteiger partial charge on any atom is 0.287 e. The number of amides is 2. The summed E-state index contributed by atoms with van der Waals surface area (Å²) in [6.07, 6.45) is 3.83. The molecule has 2 N–H and O–H groups in total. The minimum Gasteiger partial charge on any atom is -0.397 e. The lowest BCUT2D eigenvalue weighted by Gasteiger charge is -2.35. The molecule has 282 valence electrons. The molecule has 53 heavy (non-hydrogen) atoms. The molecule has 6 rings (SSSR count). The number of piperazine rings is 2. The Morgan fingerprint density at radius 2 is 1.04 bits per heavy atom. The van der Waals surface area contributed by atoms with Crippen LogP contribution in [0.1, 0.15) is 69.2 Å². The first-order valence-electron chi connectivity index (χ1n) is 18.0. The van der Waals surface area contributed by atoms with Crippen molar-refractivity contribution >= 4 is 34.8 Å². The van der Waals surface area contributed by atoms with Crippen molar-refractivity contribution < 1.29 is 14.5 Å². The van der Waals surface area contributed by atoms with Crippen LogP contribution in [0.15, 0.2) is 85.2 Å². The number of hydrogen-bond donors (Lipinski definition) is 1. The van der Waals surface area contributed by atoms with Crippen molar-refractivity contribution in [3.8, 4) is 0 Å². The summed E-state index contributed by atoms with van der Waals surface area (Å²) in [4.78, 5) is 52.0. The molecule has 2 aromatic heterocycles. The van der Waals surface area contributed by atoms with Crippen LogP contribution in [0.4, 0.5) is 23.0 Å². The Morgan fingerprint density at radius 3 is 1.36 bits per heavy atom. The molecule has 0 spiro atoms. The van der Waals surface area contributed by atoms with Gasteiger partial charge in [-0.15, -0.1) is 0 Å². The van der Waals surface area contributed by atoms with E-state index in [2.05, 4.69) is 79.0 Å². The number of pyridine rings is 2. The van der Waals surface area contributed by atoms with Gasteiger partial charge in [0.2, 0.25) is 11.8 Å². The van der Waals surface area contributed by atoms with Gasteiger partial charge in [-0.3, -0.25) is 19.7 Å². The highest BCUT2D eigenvalue weighted by atomic mass is 16.6. The van der Waals surface area contributed by atoms with Crippen molar-refractivity contribution in [2.75, 3.05) is 67.9 Å². The van der Waals surface area contributed by atoms with Gasteiger partial charge in [-0.2, -0.15) is 0 Å². The van der Waals surface area contributed by atoms with E-state index >= 15 is 0 Å². The summed E-state index contributed by atoms with van der Waals surface area (Å²) < 4.78 is 0. The molecule has 0 bridgehead atoms. The molecule has 2 aliphatic heterocycles. The summed E-state index contributed by atoms with van der Waals surface area (Å²) in [7, 11) is 0. The Kier molecular flexibility index (Phi) is 14.3. The van der Waals surface area contributed by atoms with Crippen molar-refractivity contribution in [2.45, 2.75) is 59.8 Å². The Hall–Kier alpha value is -5.52. The van der Waals surface area contributed by atoms with E-state index in [0.717, 1.165) is 43.1 Å². The second-order valence-electron chi connectivity index (χ2n) is 14.0. The summed E-state index contributed by atoms with van der Waals surface area (Å²) in [5.41, 5.74) is 11.0. The van der Waals surface area contributed by atoms with Crippen LogP contribution in [0.5, 0.6) is 0 Å². The Morgan fingerprint density at radius 1 is 0.642 bits per heavy atom. The quantitative estimate of drug-likeness (QED) is 0.155. The molecule has 4 aromatic rings. The number of rotatable bonds is 9. The number of nitrogens with zero attached hydrogens (tertiary/aromatic N) is 7. The minimum atomic E-state index is -0.457. The lowest BCUT2D eigenvalue weighted by atomic mass is 10.0. The normalized spacial score (nSPS) is 14.4. The second-order valence-corrected chi connectivity index (χ2v) is 14.0. The van der Waals surface area contributed by atoms with E-state index in [1.807, 2.05) is 39.0 Å². The third-order valence-electron chi connectivity index (χ3n) is 9.63. The SMILES string of the molecule is C.CC(C)c1ccc(CC(=O)N2CCN(c3ccc(N)cn3)CC2)cc1.CC(C)c1ccc(CC(=O)N2CCN(c3ccc([N+](=O)[O-])cn3)CC2)cc1. The topological polar surface area (TPSA) is 142 Å². The first kappa shape index (κ1) is 40.3. The van der Waals surface area contributed by atoms with Gasteiger partial charge in [-0.25, -0.2) is 9.97 Å².